The molecule has 15 rings (SSSR count). The van der Waals surface area contributed by atoms with Crippen LogP contribution in [0.25, 0.3) is 94.5 Å². The van der Waals surface area contributed by atoms with E-state index >= 15 is 0 Å². The fourth-order valence-corrected chi connectivity index (χ4v) is 14.6. The molecule has 0 bridgehead atoms. The van der Waals surface area contributed by atoms with E-state index in [-0.39, 0.29) is 22.2 Å². The third kappa shape index (κ3) is 9.70. The average Bonchev–Trinajstić information content (AvgIpc) is 1.24. The smallest absolute Gasteiger partial charge is 0.269 e. The zero-order valence-corrected chi connectivity index (χ0v) is 47.9. The predicted octanol–water partition coefficient (Wildman–Crippen LogP) is 17.3. The minimum Gasteiger partial charge on any atom is -0.458 e. The van der Waals surface area contributed by atoms with Crippen LogP contribution in [-0.2, 0) is 5.41 Å². The van der Waals surface area contributed by atoms with Gasteiger partial charge in [0.1, 0.15) is 17.3 Å². The minimum atomic E-state index is -6.56. The number of hydrogen-bond acceptors (Lipinski definition) is 2. The lowest BCUT2D eigenvalue weighted by atomic mass is 9.88. The van der Waals surface area contributed by atoms with Gasteiger partial charge in [-0.2, -0.15) is 0 Å². The van der Waals surface area contributed by atoms with Crippen molar-refractivity contribution >= 4 is 61.7 Å². The Balaban J connectivity index is 1.10. The third-order valence-corrected chi connectivity index (χ3v) is 19.1. The zero-order valence-electron chi connectivity index (χ0n) is 77.9. The van der Waals surface area contributed by atoms with Crippen LogP contribution in [0.15, 0.2) is 321 Å². The van der Waals surface area contributed by atoms with Gasteiger partial charge in [0.05, 0.1) is 75.9 Å². The SMILES string of the molecule is [2H]c1cc(-c2c([2H])c(-c3cccc(-c4c([2H])c([2H])c([2H])c([Si](c5c([2H])c([2H])c([2H])c([2H])c5[2H])(c5c([2H])c([2H])c([2H])c([2H])c5[2H])c5c([2H])c([2H])c([2H])c([2H])c5[2H])c4[2H])c3-[n+]3[c-]n(-c4cccc(Oc5ccc6c7ccccc7n(-c7cc(C(C)(C)C)ccn7)c6c5)c4)c4ccccc43)c([2H])c(-c3c([2H])c([2H])c([2H])c([2H])c3[2H])c2[2H])c([2H])c([2H])c1[2H]. The highest BCUT2D eigenvalue weighted by molar-refractivity contribution is 7.19. The van der Waals surface area contributed by atoms with Crippen molar-refractivity contribution in [3.05, 3.63) is 333 Å². The lowest BCUT2D eigenvalue weighted by Gasteiger charge is -2.34. The second kappa shape index (κ2) is 22.5. The van der Waals surface area contributed by atoms with Crippen LogP contribution in [0.5, 0.6) is 11.5 Å². The number of fused-ring (bicyclic) bond motifs is 4. The van der Waals surface area contributed by atoms with Crippen molar-refractivity contribution in [3.8, 4) is 73.2 Å². The molecule has 3 heterocycles. The summed E-state index contributed by atoms with van der Waals surface area (Å²) in [7, 11) is -6.56. The van der Waals surface area contributed by atoms with E-state index in [4.69, 9.17) is 22.1 Å². The molecule has 0 spiro atoms. The van der Waals surface area contributed by atoms with Crippen LogP contribution in [0.4, 0.5) is 0 Å². The van der Waals surface area contributed by atoms with Crippen LogP contribution < -0.4 is 30.1 Å². The quantitative estimate of drug-likeness (QED) is 0.0499. The highest BCUT2D eigenvalue weighted by Crippen LogP contribution is 2.40. The topological polar surface area (TPSA) is 35.9 Å². The molecule has 5 nitrogen and oxygen atoms in total. The molecule has 0 aliphatic rings. The Kier molecular flexibility index (Phi) is 7.65. The average molecular weight is 1180 g/mol. The highest BCUT2D eigenvalue weighted by Gasteiger charge is 2.41. The van der Waals surface area contributed by atoms with Crippen LogP contribution in [0.2, 0.25) is 0 Å². The molecule has 0 radical (unpaired) electrons. The molecular formula is C82H62N4OSi. The molecule has 12 aromatic carbocycles. The van der Waals surface area contributed by atoms with Crippen molar-refractivity contribution in [2.24, 2.45) is 0 Å². The predicted molar refractivity (Wildman–Crippen MR) is 366 cm³/mol. The second-order valence-corrected chi connectivity index (χ2v) is 24.8. The summed E-state index contributed by atoms with van der Waals surface area (Å²) in [5, 5.41) is -2.73. The van der Waals surface area contributed by atoms with E-state index in [0.29, 0.717) is 17.3 Å². The highest BCUT2D eigenvalue weighted by atomic mass is 28.3. The maximum absolute atomic E-state index is 11.1. The number of benzene rings is 12. The number of ether oxygens (including phenoxy) is 1. The zero-order chi connectivity index (χ0) is 86.2. The van der Waals surface area contributed by atoms with Gasteiger partial charge in [-0.15, -0.1) is 0 Å². The molecule has 6 heteroatoms. The number of nitrogens with zero attached hydrogens (tertiary/aromatic N) is 4. The molecule has 3 aromatic heterocycles. The summed E-state index contributed by atoms with van der Waals surface area (Å²) in [5.74, 6) is 1.29. The Morgan fingerprint density at radius 2 is 1.01 bits per heavy atom. The van der Waals surface area contributed by atoms with E-state index in [1.54, 1.807) is 60.8 Å². The van der Waals surface area contributed by atoms with E-state index in [2.05, 4.69) is 27.1 Å². The standard InChI is InChI=1S/C82H62N4OSi/c1-82(2,3)64-48-49-83-80(54-64)86-76-43-20-19-40-74(76)75-47-46-67(56-79(75)86)87-66-32-24-31-65(55-66)84-57-85(78-45-22-21-44-77(78)84)81-72(41-25-42-73(81)63-51-61(58-26-9-4-10-27-58)50-62(52-63)59-28-11-5-12-29-59)60-30-23-39-71(53-60)88(68-33-13-6-14-34-68,69-35-15-7-16-36-69)70-37-17-8-18-38-70/h4-56H,1-3H3/i4D,5D,6D,7D,8D,9D,10D,11D,12D,13D,14D,15D,16D,17D,18D,23D,26D,27D,28D,30D,33D,34D,35D,36D,37D,38D,39D,50D,51D,52D,53D. The first kappa shape index (κ1) is 29.9. The Labute approximate surface area is 558 Å². The fourth-order valence-electron chi connectivity index (χ4n) is 11.1. The summed E-state index contributed by atoms with van der Waals surface area (Å²) in [5.41, 5.74) is -2.65. The van der Waals surface area contributed by atoms with Crippen molar-refractivity contribution in [1.29, 1.82) is 0 Å². The van der Waals surface area contributed by atoms with Crippen LogP contribution in [0, 0.1) is 6.33 Å². The van der Waals surface area contributed by atoms with Gasteiger partial charge < -0.3 is 4.74 Å². The largest absolute Gasteiger partial charge is 0.458 e. The Morgan fingerprint density at radius 3 is 1.73 bits per heavy atom. The van der Waals surface area contributed by atoms with Gasteiger partial charge in [0, 0.05) is 23.0 Å². The van der Waals surface area contributed by atoms with Crippen molar-refractivity contribution in [1.82, 2.24) is 14.1 Å². The molecular weight excluding hydrogens is 1090 g/mol. The molecule has 15 aromatic rings. The number of imidazole rings is 1. The molecule has 0 atom stereocenters. The summed E-state index contributed by atoms with van der Waals surface area (Å²) in [6, 6.07) is 1.52. The van der Waals surface area contributed by atoms with Crippen molar-refractivity contribution in [2.45, 2.75) is 26.2 Å². The minimum absolute atomic E-state index is 0.107. The van der Waals surface area contributed by atoms with Crippen LogP contribution in [0.1, 0.15) is 68.8 Å². The third-order valence-electron chi connectivity index (χ3n) is 15.1. The molecule has 88 heavy (non-hydrogen) atoms. The van der Waals surface area contributed by atoms with Gasteiger partial charge in [-0.05, 0) is 143 Å². The summed E-state index contributed by atoms with van der Waals surface area (Å²) >= 11 is 0. The van der Waals surface area contributed by atoms with Gasteiger partial charge in [-0.3, -0.25) is 13.7 Å². The molecule has 420 valence electrons. The lowest BCUT2D eigenvalue weighted by Crippen LogP contribution is -2.74. The summed E-state index contributed by atoms with van der Waals surface area (Å²) in [6.45, 7) is 6.31. The van der Waals surface area contributed by atoms with Gasteiger partial charge in [0.15, 0.2) is 8.07 Å². The van der Waals surface area contributed by atoms with E-state index < -0.39 is 266 Å². The molecule has 0 aliphatic carbocycles. The van der Waals surface area contributed by atoms with E-state index in [1.807, 2.05) is 53.1 Å². The molecule has 0 N–H and O–H groups in total. The molecule has 0 unspecified atom stereocenters. The molecule has 0 fully saturated rings. The van der Waals surface area contributed by atoms with Gasteiger partial charge in [0.2, 0.25) is 0 Å². The number of rotatable bonds is 13. The Morgan fingerprint density at radius 1 is 0.443 bits per heavy atom. The first-order chi connectivity index (χ1) is 56.1. The lowest BCUT2D eigenvalue weighted by molar-refractivity contribution is -0.571. The van der Waals surface area contributed by atoms with Crippen LogP contribution >= 0.6 is 0 Å². The van der Waals surface area contributed by atoms with Gasteiger partial charge >= 0.3 is 0 Å². The van der Waals surface area contributed by atoms with Crippen LogP contribution in [0.3, 0.4) is 0 Å². The van der Waals surface area contributed by atoms with Gasteiger partial charge in [-0.1, -0.05) is 263 Å². The molecule has 0 amide bonds. The number of aromatic nitrogens is 4. The maximum Gasteiger partial charge on any atom is 0.269 e. The first-order valence-corrected chi connectivity index (χ1v) is 29.6. The van der Waals surface area contributed by atoms with Crippen molar-refractivity contribution in [3.63, 3.8) is 0 Å². The van der Waals surface area contributed by atoms with Crippen molar-refractivity contribution in [2.75, 3.05) is 0 Å². The fraction of sp³-hybridized carbons (Fsp3) is 0.0488. The van der Waals surface area contributed by atoms with E-state index in [1.165, 1.54) is 27.3 Å². The molecule has 0 aliphatic heterocycles. The van der Waals surface area contributed by atoms with Crippen LogP contribution in [-0.4, -0.2) is 22.2 Å². The second-order valence-electron chi connectivity index (χ2n) is 21.3. The Bertz CT molecular complexity index is 6710. The normalized spacial score (nSPS) is 16.7. The molecule has 0 saturated carbocycles. The van der Waals surface area contributed by atoms with Gasteiger partial charge in [0.25, 0.3) is 6.33 Å². The Hall–Kier alpha value is -10.9. The monoisotopic (exact) mass is 1180 g/mol. The van der Waals surface area contributed by atoms with Gasteiger partial charge in [-0.25, -0.2) is 4.98 Å². The maximum atomic E-state index is 11.1. The number of para-hydroxylation sites is 4. The van der Waals surface area contributed by atoms with Crippen molar-refractivity contribution < 1.29 is 51.8 Å². The summed E-state index contributed by atoms with van der Waals surface area (Å²) in [4.78, 5) is 4.83. The number of hydrogen-bond donors (Lipinski definition) is 0. The van der Waals surface area contributed by atoms with E-state index in [0.717, 1.165) is 33.4 Å². The number of pyridine rings is 1. The van der Waals surface area contributed by atoms with E-state index in [9.17, 15) is 30.2 Å². The summed E-state index contributed by atoms with van der Waals surface area (Å²) in [6.07, 6.45) is 5.12. The summed E-state index contributed by atoms with van der Waals surface area (Å²) < 4.78 is 306. The molecule has 0 saturated heterocycles. The first-order valence-electron chi connectivity index (χ1n) is 43.1.